The van der Waals surface area contributed by atoms with Crippen LogP contribution in [0.4, 0.5) is 11.5 Å². The standard InChI is InChI=1S/C17H21N3O3/c1-11-12(2)23-13(3)16(11)17(21)19-15-5-4-14(10-18-15)20-6-8-22-9-7-20/h4-5,10H,6-9H2,1-3H3,(H,18,19,21). The monoisotopic (exact) mass is 315 g/mol. The highest BCUT2D eigenvalue weighted by Crippen LogP contribution is 2.22. The third kappa shape index (κ3) is 3.22. The number of nitrogens with zero attached hydrogens (tertiary/aromatic N) is 2. The number of carbonyl (C=O) groups is 1. The van der Waals surface area contributed by atoms with Crippen molar-refractivity contribution in [2.45, 2.75) is 20.8 Å². The lowest BCUT2D eigenvalue weighted by molar-refractivity contribution is 0.102. The average Bonchev–Trinajstić information content (AvgIpc) is 2.81. The Bertz CT molecular complexity index is 701. The van der Waals surface area contributed by atoms with E-state index in [9.17, 15) is 4.79 Å². The zero-order valence-electron chi connectivity index (χ0n) is 13.7. The number of amides is 1. The molecule has 1 fully saturated rings. The molecule has 0 bridgehead atoms. The summed E-state index contributed by atoms with van der Waals surface area (Å²) in [6, 6.07) is 3.79. The number of rotatable bonds is 3. The van der Waals surface area contributed by atoms with E-state index in [1.54, 1.807) is 13.1 Å². The maximum Gasteiger partial charge on any atom is 0.260 e. The number of morpholine rings is 1. The first-order valence-corrected chi connectivity index (χ1v) is 7.73. The number of pyridine rings is 1. The molecule has 0 unspecified atom stereocenters. The summed E-state index contributed by atoms with van der Waals surface area (Å²) in [5.41, 5.74) is 2.49. The molecule has 1 aliphatic rings. The number of aryl methyl sites for hydroxylation is 2. The van der Waals surface area contributed by atoms with E-state index in [2.05, 4.69) is 15.2 Å². The number of nitrogens with one attached hydrogen (secondary N) is 1. The number of hydrogen-bond donors (Lipinski definition) is 1. The third-order valence-electron chi connectivity index (χ3n) is 4.15. The molecule has 2 aromatic rings. The Balaban J connectivity index is 1.71. The van der Waals surface area contributed by atoms with E-state index in [4.69, 9.17) is 9.15 Å². The lowest BCUT2D eigenvalue weighted by Gasteiger charge is -2.28. The van der Waals surface area contributed by atoms with Crippen molar-refractivity contribution in [1.82, 2.24) is 4.98 Å². The Hall–Kier alpha value is -2.34. The van der Waals surface area contributed by atoms with Crippen molar-refractivity contribution in [2.75, 3.05) is 36.5 Å². The van der Waals surface area contributed by atoms with Crippen LogP contribution in [-0.2, 0) is 4.74 Å². The van der Waals surface area contributed by atoms with Gasteiger partial charge >= 0.3 is 0 Å². The average molecular weight is 315 g/mol. The zero-order chi connectivity index (χ0) is 16.4. The minimum absolute atomic E-state index is 0.191. The molecule has 0 atom stereocenters. The molecule has 6 nitrogen and oxygen atoms in total. The quantitative estimate of drug-likeness (QED) is 0.943. The molecule has 2 aromatic heterocycles. The second-order valence-electron chi connectivity index (χ2n) is 5.67. The molecule has 3 rings (SSSR count). The number of furan rings is 1. The first-order valence-electron chi connectivity index (χ1n) is 7.73. The smallest absolute Gasteiger partial charge is 0.260 e. The van der Waals surface area contributed by atoms with Gasteiger partial charge in [-0.15, -0.1) is 0 Å². The summed E-state index contributed by atoms with van der Waals surface area (Å²) >= 11 is 0. The van der Waals surface area contributed by atoms with Gasteiger partial charge in [0.2, 0.25) is 0 Å². The van der Waals surface area contributed by atoms with Gasteiger partial charge in [0.1, 0.15) is 17.3 Å². The summed E-state index contributed by atoms with van der Waals surface area (Å²) in [6.45, 7) is 8.72. The maximum atomic E-state index is 12.4. The Morgan fingerprint density at radius 3 is 2.48 bits per heavy atom. The molecule has 1 N–H and O–H groups in total. The van der Waals surface area contributed by atoms with E-state index in [0.717, 1.165) is 43.3 Å². The van der Waals surface area contributed by atoms with Crippen molar-refractivity contribution in [3.8, 4) is 0 Å². The molecule has 0 aliphatic carbocycles. The largest absolute Gasteiger partial charge is 0.466 e. The molecule has 0 spiro atoms. The first kappa shape index (κ1) is 15.6. The van der Waals surface area contributed by atoms with Crippen LogP contribution in [-0.4, -0.2) is 37.2 Å². The van der Waals surface area contributed by atoms with Crippen molar-refractivity contribution in [3.05, 3.63) is 41.0 Å². The van der Waals surface area contributed by atoms with Gasteiger partial charge in [-0.1, -0.05) is 0 Å². The molecule has 0 aromatic carbocycles. The predicted molar refractivity (Wildman–Crippen MR) is 88.1 cm³/mol. The molecule has 3 heterocycles. The molecule has 1 amide bonds. The summed E-state index contributed by atoms with van der Waals surface area (Å²) in [5.74, 6) is 1.74. The SMILES string of the molecule is Cc1oc(C)c(C(=O)Nc2ccc(N3CCOCC3)cn2)c1C. The molecule has 1 aliphatic heterocycles. The highest BCUT2D eigenvalue weighted by molar-refractivity contribution is 6.05. The van der Waals surface area contributed by atoms with E-state index in [0.29, 0.717) is 17.1 Å². The highest BCUT2D eigenvalue weighted by Gasteiger charge is 2.19. The van der Waals surface area contributed by atoms with Gasteiger partial charge in [-0.3, -0.25) is 4.79 Å². The van der Waals surface area contributed by atoms with Gasteiger partial charge < -0.3 is 19.4 Å². The van der Waals surface area contributed by atoms with E-state index < -0.39 is 0 Å². The van der Waals surface area contributed by atoms with Crippen LogP contribution in [0.1, 0.15) is 27.4 Å². The Morgan fingerprint density at radius 2 is 1.91 bits per heavy atom. The second kappa shape index (κ2) is 6.42. The van der Waals surface area contributed by atoms with E-state index in [1.807, 2.05) is 26.0 Å². The van der Waals surface area contributed by atoms with Gasteiger partial charge in [-0.05, 0) is 32.9 Å². The van der Waals surface area contributed by atoms with Crippen LogP contribution in [0, 0.1) is 20.8 Å². The van der Waals surface area contributed by atoms with Gasteiger partial charge in [0.05, 0.1) is 30.7 Å². The minimum atomic E-state index is -0.191. The normalized spacial score (nSPS) is 14.8. The van der Waals surface area contributed by atoms with Crippen molar-refractivity contribution < 1.29 is 13.9 Å². The van der Waals surface area contributed by atoms with Crippen LogP contribution in [0.2, 0.25) is 0 Å². The summed E-state index contributed by atoms with van der Waals surface area (Å²) in [4.78, 5) is 19.0. The van der Waals surface area contributed by atoms with Gasteiger partial charge in [0.25, 0.3) is 5.91 Å². The van der Waals surface area contributed by atoms with E-state index in [1.165, 1.54) is 0 Å². The van der Waals surface area contributed by atoms with Crippen LogP contribution in [0.15, 0.2) is 22.7 Å². The summed E-state index contributed by atoms with van der Waals surface area (Å²) in [7, 11) is 0. The second-order valence-corrected chi connectivity index (χ2v) is 5.67. The van der Waals surface area contributed by atoms with Crippen molar-refractivity contribution in [3.63, 3.8) is 0 Å². The van der Waals surface area contributed by atoms with Gasteiger partial charge in [-0.2, -0.15) is 0 Å². The Morgan fingerprint density at radius 1 is 1.17 bits per heavy atom. The zero-order valence-corrected chi connectivity index (χ0v) is 13.7. The van der Waals surface area contributed by atoms with Crippen molar-refractivity contribution in [2.24, 2.45) is 0 Å². The fraction of sp³-hybridized carbons (Fsp3) is 0.412. The Kier molecular flexibility index (Phi) is 4.34. The van der Waals surface area contributed by atoms with E-state index >= 15 is 0 Å². The molecule has 1 saturated heterocycles. The minimum Gasteiger partial charge on any atom is -0.466 e. The number of ether oxygens (including phenoxy) is 1. The molecular formula is C17H21N3O3. The number of carbonyl (C=O) groups excluding carboxylic acids is 1. The van der Waals surface area contributed by atoms with Crippen LogP contribution in [0.5, 0.6) is 0 Å². The predicted octanol–water partition coefficient (Wildman–Crippen LogP) is 2.69. The highest BCUT2D eigenvalue weighted by atomic mass is 16.5. The summed E-state index contributed by atoms with van der Waals surface area (Å²) in [6.07, 6.45) is 1.78. The Labute approximate surface area is 135 Å². The topological polar surface area (TPSA) is 67.6 Å². The summed E-state index contributed by atoms with van der Waals surface area (Å²) in [5, 5.41) is 2.83. The number of hydrogen-bond acceptors (Lipinski definition) is 5. The summed E-state index contributed by atoms with van der Waals surface area (Å²) < 4.78 is 10.8. The van der Waals surface area contributed by atoms with Crippen molar-refractivity contribution >= 4 is 17.4 Å². The lowest BCUT2D eigenvalue weighted by Crippen LogP contribution is -2.36. The fourth-order valence-electron chi connectivity index (χ4n) is 2.77. The molecule has 23 heavy (non-hydrogen) atoms. The maximum absolute atomic E-state index is 12.4. The van der Waals surface area contributed by atoms with Crippen LogP contribution in [0.3, 0.4) is 0 Å². The van der Waals surface area contributed by atoms with Gasteiger partial charge in [0, 0.05) is 18.7 Å². The van der Waals surface area contributed by atoms with Crippen LogP contribution in [0.25, 0.3) is 0 Å². The van der Waals surface area contributed by atoms with Crippen molar-refractivity contribution in [1.29, 1.82) is 0 Å². The molecular weight excluding hydrogens is 294 g/mol. The third-order valence-corrected chi connectivity index (χ3v) is 4.15. The molecule has 0 saturated carbocycles. The fourth-order valence-corrected chi connectivity index (χ4v) is 2.77. The van der Waals surface area contributed by atoms with Gasteiger partial charge in [0.15, 0.2) is 0 Å². The molecule has 6 heteroatoms. The first-order chi connectivity index (χ1) is 11.1. The lowest BCUT2D eigenvalue weighted by atomic mass is 10.1. The molecule has 0 radical (unpaired) electrons. The number of anilines is 2. The molecule has 122 valence electrons. The van der Waals surface area contributed by atoms with E-state index in [-0.39, 0.29) is 5.91 Å². The van der Waals surface area contributed by atoms with Crippen LogP contribution < -0.4 is 10.2 Å². The number of aromatic nitrogens is 1. The van der Waals surface area contributed by atoms with Crippen LogP contribution >= 0.6 is 0 Å². The van der Waals surface area contributed by atoms with Gasteiger partial charge in [-0.25, -0.2) is 4.98 Å².